The molecule has 0 unspecified atom stereocenters. The third-order valence-corrected chi connectivity index (χ3v) is 3.97. The average molecular weight is 340 g/mol. The predicted molar refractivity (Wildman–Crippen MR) is 80.8 cm³/mol. The molecule has 1 aromatic carbocycles. The Bertz CT molecular complexity index is 569. The minimum absolute atomic E-state index is 0.0458. The first-order valence-corrected chi connectivity index (χ1v) is 7.45. The van der Waals surface area contributed by atoms with Crippen molar-refractivity contribution in [3.05, 3.63) is 50.6 Å². The number of halogens is 1. The fourth-order valence-corrected chi connectivity index (χ4v) is 2.78. The van der Waals surface area contributed by atoms with E-state index in [2.05, 4.69) is 15.9 Å². The fourth-order valence-electron chi connectivity index (χ4n) is 1.78. The van der Waals surface area contributed by atoms with Gasteiger partial charge in [0, 0.05) is 18.1 Å². The van der Waals surface area contributed by atoms with Crippen molar-refractivity contribution in [2.75, 3.05) is 14.2 Å². The number of rotatable bonds is 4. The molecular weight excluding hydrogens is 326 g/mol. The molecule has 0 aliphatic heterocycles. The van der Waals surface area contributed by atoms with E-state index in [1.807, 2.05) is 22.9 Å². The summed E-state index contributed by atoms with van der Waals surface area (Å²) >= 11 is 5.00. The molecule has 1 amide bonds. The summed E-state index contributed by atoms with van der Waals surface area (Å²) in [6.45, 7) is 0.599. The molecular formula is C14H14BrNO2S. The van der Waals surface area contributed by atoms with E-state index in [-0.39, 0.29) is 5.91 Å². The Hall–Kier alpha value is -1.33. The maximum Gasteiger partial charge on any atom is 0.257 e. The highest BCUT2D eigenvalue weighted by molar-refractivity contribution is 9.10. The van der Waals surface area contributed by atoms with Crippen LogP contribution in [0.15, 0.2) is 39.5 Å². The third-order valence-electron chi connectivity index (χ3n) is 2.74. The lowest BCUT2D eigenvalue weighted by Gasteiger charge is -2.18. The Morgan fingerprint density at radius 3 is 2.84 bits per heavy atom. The van der Waals surface area contributed by atoms with Gasteiger partial charge in [-0.3, -0.25) is 4.79 Å². The first kappa shape index (κ1) is 14.1. The summed E-state index contributed by atoms with van der Waals surface area (Å²) in [5, 5.41) is 4.05. The largest absolute Gasteiger partial charge is 0.496 e. The second-order valence-electron chi connectivity index (χ2n) is 4.14. The summed E-state index contributed by atoms with van der Waals surface area (Å²) in [7, 11) is 3.36. The van der Waals surface area contributed by atoms with Crippen molar-refractivity contribution in [2.45, 2.75) is 6.54 Å². The number of methoxy groups -OCH3 is 1. The van der Waals surface area contributed by atoms with Gasteiger partial charge < -0.3 is 9.64 Å². The van der Waals surface area contributed by atoms with Gasteiger partial charge in [-0.1, -0.05) is 15.9 Å². The summed E-state index contributed by atoms with van der Waals surface area (Å²) in [4.78, 5) is 14.1. The van der Waals surface area contributed by atoms with E-state index >= 15 is 0 Å². The lowest BCUT2D eigenvalue weighted by Crippen LogP contribution is -2.26. The van der Waals surface area contributed by atoms with Crippen LogP contribution in [0.5, 0.6) is 5.75 Å². The van der Waals surface area contributed by atoms with Crippen LogP contribution in [-0.4, -0.2) is 25.0 Å². The predicted octanol–water partition coefficient (Wildman–Crippen LogP) is 3.79. The zero-order valence-corrected chi connectivity index (χ0v) is 13.1. The van der Waals surface area contributed by atoms with Crippen molar-refractivity contribution in [1.82, 2.24) is 4.90 Å². The Balaban J connectivity index is 2.19. The van der Waals surface area contributed by atoms with Gasteiger partial charge in [0.05, 0.1) is 12.7 Å². The fraction of sp³-hybridized carbons (Fsp3) is 0.214. The second kappa shape index (κ2) is 6.21. The monoisotopic (exact) mass is 339 g/mol. The SMILES string of the molecule is COc1cc(Br)ccc1C(=O)N(C)Cc1ccsc1. The van der Waals surface area contributed by atoms with Gasteiger partial charge >= 0.3 is 0 Å². The highest BCUT2D eigenvalue weighted by Gasteiger charge is 2.17. The number of carbonyl (C=O) groups is 1. The topological polar surface area (TPSA) is 29.5 Å². The zero-order chi connectivity index (χ0) is 13.8. The van der Waals surface area contributed by atoms with Crippen LogP contribution in [0.3, 0.4) is 0 Å². The second-order valence-corrected chi connectivity index (χ2v) is 5.83. The number of hydrogen-bond acceptors (Lipinski definition) is 3. The number of carbonyl (C=O) groups excluding carboxylic acids is 1. The van der Waals surface area contributed by atoms with Crippen LogP contribution in [0, 0.1) is 0 Å². The van der Waals surface area contributed by atoms with E-state index in [0.29, 0.717) is 17.9 Å². The Labute approximate surface area is 124 Å². The van der Waals surface area contributed by atoms with Gasteiger partial charge in [-0.05, 0) is 40.6 Å². The Morgan fingerprint density at radius 2 is 2.21 bits per heavy atom. The lowest BCUT2D eigenvalue weighted by atomic mass is 10.1. The number of hydrogen-bond donors (Lipinski definition) is 0. The summed E-state index contributed by atoms with van der Waals surface area (Å²) in [6, 6.07) is 7.43. The Kier molecular flexibility index (Phi) is 4.61. The molecule has 0 N–H and O–H groups in total. The van der Waals surface area contributed by atoms with Crippen LogP contribution in [-0.2, 0) is 6.54 Å². The van der Waals surface area contributed by atoms with Gasteiger partial charge in [0.2, 0.25) is 0 Å². The van der Waals surface area contributed by atoms with Crippen molar-refractivity contribution >= 4 is 33.2 Å². The van der Waals surface area contributed by atoms with Crippen molar-refractivity contribution in [3.8, 4) is 5.75 Å². The van der Waals surface area contributed by atoms with Crippen LogP contribution < -0.4 is 4.74 Å². The van der Waals surface area contributed by atoms with Crippen LogP contribution in [0.4, 0.5) is 0 Å². The number of amides is 1. The summed E-state index contributed by atoms with van der Waals surface area (Å²) in [6.07, 6.45) is 0. The average Bonchev–Trinajstić information content (AvgIpc) is 2.90. The third kappa shape index (κ3) is 3.36. The van der Waals surface area contributed by atoms with Crippen molar-refractivity contribution < 1.29 is 9.53 Å². The van der Waals surface area contributed by atoms with Gasteiger partial charge in [-0.2, -0.15) is 11.3 Å². The van der Waals surface area contributed by atoms with E-state index in [1.165, 1.54) is 0 Å². The molecule has 3 nitrogen and oxygen atoms in total. The standard InChI is InChI=1S/C14H14BrNO2S/c1-16(8-10-5-6-19-9-10)14(17)12-4-3-11(15)7-13(12)18-2/h3-7,9H,8H2,1-2H3. The molecule has 0 spiro atoms. The summed E-state index contributed by atoms with van der Waals surface area (Å²) < 4.78 is 6.15. The highest BCUT2D eigenvalue weighted by Crippen LogP contribution is 2.25. The van der Waals surface area contributed by atoms with Gasteiger partial charge in [-0.25, -0.2) is 0 Å². The van der Waals surface area contributed by atoms with Crippen molar-refractivity contribution in [3.63, 3.8) is 0 Å². The quantitative estimate of drug-likeness (QED) is 0.847. The first-order chi connectivity index (χ1) is 9.11. The highest BCUT2D eigenvalue weighted by atomic mass is 79.9. The molecule has 5 heteroatoms. The molecule has 0 aliphatic rings. The molecule has 19 heavy (non-hydrogen) atoms. The minimum Gasteiger partial charge on any atom is -0.496 e. The van der Waals surface area contributed by atoms with E-state index in [0.717, 1.165) is 10.0 Å². The van der Waals surface area contributed by atoms with Crippen molar-refractivity contribution in [1.29, 1.82) is 0 Å². The first-order valence-electron chi connectivity index (χ1n) is 5.72. The molecule has 0 bridgehead atoms. The normalized spacial score (nSPS) is 10.3. The number of nitrogens with zero attached hydrogens (tertiary/aromatic N) is 1. The van der Waals surface area contributed by atoms with Crippen molar-refractivity contribution in [2.24, 2.45) is 0 Å². The van der Waals surface area contributed by atoms with E-state index in [1.54, 1.807) is 42.5 Å². The molecule has 2 rings (SSSR count). The van der Waals surface area contributed by atoms with Gasteiger partial charge in [0.25, 0.3) is 5.91 Å². The number of thiophene rings is 1. The zero-order valence-electron chi connectivity index (χ0n) is 10.7. The van der Waals surface area contributed by atoms with Crippen LogP contribution in [0.2, 0.25) is 0 Å². The van der Waals surface area contributed by atoms with E-state index < -0.39 is 0 Å². The molecule has 1 aromatic heterocycles. The smallest absolute Gasteiger partial charge is 0.257 e. The molecule has 0 aliphatic carbocycles. The van der Waals surface area contributed by atoms with E-state index in [9.17, 15) is 4.79 Å². The van der Waals surface area contributed by atoms with E-state index in [4.69, 9.17) is 4.74 Å². The minimum atomic E-state index is -0.0458. The molecule has 0 atom stereocenters. The molecule has 0 radical (unpaired) electrons. The van der Waals surface area contributed by atoms with Gasteiger partial charge in [-0.15, -0.1) is 0 Å². The van der Waals surface area contributed by atoms with Gasteiger partial charge in [0.1, 0.15) is 5.75 Å². The number of benzene rings is 1. The molecule has 0 fully saturated rings. The number of ether oxygens (including phenoxy) is 1. The van der Waals surface area contributed by atoms with Crippen LogP contribution in [0.1, 0.15) is 15.9 Å². The molecule has 0 saturated heterocycles. The molecule has 0 saturated carbocycles. The summed E-state index contributed by atoms with van der Waals surface area (Å²) in [5.74, 6) is 0.534. The van der Waals surface area contributed by atoms with Crippen LogP contribution in [0.25, 0.3) is 0 Å². The lowest BCUT2D eigenvalue weighted by molar-refractivity contribution is 0.0782. The molecule has 2 aromatic rings. The maximum absolute atomic E-state index is 12.4. The molecule has 100 valence electrons. The van der Waals surface area contributed by atoms with Gasteiger partial charge in [0.15, 0.2) is 0 Å². The molecule has 1 heterocycles. The Morgan fingerprint density at radius 1 is 1.42 bits per heavy atom. The maximum atomic E-state index is 12.4. The summed E-state index contributed by atoms with van der Waals surface area (Å²) in [5.41, 5.74) is 1.71. The van der Waals surface area contributed by atoms with Crippen LogP contribution >= 0.6 is 27.3 Å².